The molecule has 1 aromatic heterocycles. The summed E-state index contributed by atoms with van der Waals surface area (Å²) in [5.74, 6) is 0.122. The van der Waals surface area contributed by atoms with Gasteiger partial charge in [-0.1, -0.05) is 30.3 Å². The topological polar surface area (TPSA) is 66.2 Å². The third-order valence-corrected chi connectivity index (χ3v) is 4.54. The number of fused-ring (bicyclic) bond motifs is 1. The van der Waals surface area contributed by atoms with E-state index in [0.29, 0.717) is 19.5 Å². The number of benzene rings is 2. The van der Waals surface area contributed by atoms with Crippen molar-refractivity contribution in [2.45, 2.75) is 26.4 Å². The van der Waals surface area contributed by atoms with Crippen molar-refractivity contribution in [1.82, 2.24) is 15.6 Å². The average Bonchev–Trinajstić information content (AvgIpc) is 2.98. The van der Waals surface area contributed by atoms with Gasteiger partial charge in [0, 0.05) is 29.7 Å². The number of halogens is 2. The molecule has 0 radical (unpaired) electrons. The molecule has 2 amide bonds. The third-order valence-electron chi connectivity index (χ3n) is 4.54. The number of hydrogen-bond acceptors (Lipinski definition) is 2. The fourth-order valence-corrected chi connectivity index (χ4v) is 3.18. The van der Waals surface area contributed by atoms with Gasteiger partial charge in [0.25, 0.3) is 0 Å². The van der Waals surface area contributed by atoms with Crippen molar-refractivity contribution in [1.29, 1.82) is 0 Å². The van der Waals surface area contributed by atoms with Gasteiger partial charge in [-0.3, -0.25) is 0 Å². The van der Waals surface area contributed by atoms with E-state index in [9.17, 15) is 13.6 Å². The molecule has 3 rings (SSSR count). The highest BCUT2D eigenvalue weighted by atomic mass is 19.3. The number of aryl methyl sites for hydroxylation is 1. The molecule has 0 saturated heterocycles. The lowest BCUT2D eigenvalue weighted by Crippen LogP contribution is -2.37. The third kappa shape index (κ3) is 5.22. The summed E-state index contributed by atoms with van der Waals surface area (Å²) in [7, 11) is 0. The summed E-state index contributed by atoms with van der Waals surface area (Å²) >= 11 is 0. The normalized spacial score (nSPS) is 11.0. The van der Waals surface area contributed by atoms with Crippen LogP contribution in [0.2, 0.25) is 0 Å². The number of carbonyl (C=O) groups excluding carboxylic acids is 1. The SMILES string of the molecule is Cc1[nH]c2ccccc2c1CCNC(=O)NCCc1ccc(OC(F)F)cc1. The summed E-state index contributed by atoms with van der Waals surface area (Å²) < 4.78 is 28.6. The molecule has 0 bridgehead atoms. The van der Waals surface area contributed by atoms with Crippen LogP contribution in [0.15, 0.2) is 48.5 Å². The van der Waals surface area contributed by atoms with Gasteiger partial charge in [-0.2, -0.15) is 8.78 Å². The molecule has 28 heavy (non-hydrogen) atoms. The Labute approximate surface area is 162 Å². The zero-order valence-corrected chi connectivity index (χ0v) is 15.6. The Kier molecular flexibility index (Phi) is 6.47. The molecule has 148 valence electrons. The number of amides is 2. The molecule has 3 N–H and O–H groups in total. The quantitative estimate of drug-likeness (QED) is 0.543. The van der Waals surface area contributed by atoms with Gasteiger partial charge in [-0.15, -0.1) is 0 Å². The van der Waals surface area contributed by atoms with Crippen LogP contribution in [0.25, 0.3) is 10.9 Å². The second kappa shape index (κ2) is 9.21. The summed E-state index contributed by atoms with van der Waals surface area (Å²) in [4.78, 5) is 15.3. The van der Waals surface area contributed by atoms with E-state index in [2.05, 4.69) is 26.4 Å². The highest BCUT2D eigenvalue weighted by Crippen LogP contribution is 2.21. The minimum Gasteiger partial charge on any atom is -0.435 e. The van der Waals surface area contributed by atoms with Gasteiger partial charge in [0.2, 0.25) is 0 Å². The maximum absolute atomic E-state index is 12.1. The summed E-state index contributed by atoms with van der Waals surface area (Å²) in [5, 5.41) is 6.85. The van der Waals surface area contributed by atoms with Crippen LogP contribution >= 0.6 is 0 Å². The molecule has 0 aliphatic heterocycles. The van der Waals surface area contributed by atoms with Crippen molar-refractivity contribution in [3.8, 4) is 5.75 Å². The molecule has 5 nitrogen and oxygen atoms in total. The van der Waals surface area contributed by atoms with E-state index in [-0.39, 0.29) is 11.8 Å². The first-order valence-electron chi connectivity index (χ1n) is 9.14. The second-order valence-corrected chi connectivity index (χ2v) is 6.48. The van der Waals surface area contributed by atoms with Crippen LogP contribution in [-0.2, 0) is 12.8 Å². The molecule has 0 aliphatic rings. The van der Waals surface area contributed by atoms with Crippen LogP contribution in [0.1, 0.15) is 16.8 Å². The van der Waals surface area contributed by atoms with E-state index in [0.717, 1.165) is 23.2 Å². The van der Waals surface area contributed by atoms with Crippen molar-refractivity contribution in [3.05, 3.63) is 65.4 Å². The molecule has 0 spiro atoms. The van der Waals surface area contributed by atoms with Crippen LogP contribution < -0.4 is 15.4 Å². The van der Waals surface area contributed by atoms with Gasteiger partial charge in [-0.05, 0) is 49.1 Å². The van der Waals surface area contributed by atoms with Crippen LogP contribution in [0.3, 0.4) is 0 Å². The van der Waals surface area contributed by atoms with Gasteiger partial charge in [0.1, 0.15) is 5.75 Å². The molecule has 7 heteroatoms. The molecule has 0 fully saturated rings. The van der Waals surface area contributed by atoms with Crippen molar-refractivity contribution in [2.75, 3.05) is 13.1 Å². The standard InChI is InChI=1S/C21H23F2N3O2/c1-14-17(18-4-2-3-5-19(18)26-14)11-13-25-21(27)24-12-10-15-6-8-16(9-7-15)28-20(22)23/h2-9,20,26H,10-13H2,1H3,(H2,24,25,27). The molecule has 3 aromatic rings. The van der Waals surface area contributed by atoms with Gasteiger partial charge in [0.05, 0.1) is 0 Å². The number of carbonyl (C=O) groups is 1. The number of ether oxygens (including phenoxy) is 1. The Bertz CT molecular complexity index is 923. The minimum absolute atomic E-state index is 0.122. The molecule has 0 aliphatic carbocycles. The second-order valence-electron chi connectivity index (χ2n) is 6.48. The maximum atomic E-state index is 12.1. The summed E-state index contributed by atoms with van der Waals surface area (Å²) in [6.45, 7) is 0.193. The van der Waals surface area contributed by atoms with Crippen molar-refractivity contribution in [2.24, 2.45) is 0 Å². The van der Waals surface area contributed by atoms with Gasteiger partial charge < -0.3 is 20.4 Å². The van der Waals surface area contributed by atoms with Gasteiger partial charge in [-0.25, -0.2) is 4.79 Å². The summed E-state index contributed by atoms with van der Waals surface area (Å²) in [5.41, 5.74) is 4.35. The number of hydrogen-bond donors (Lipinski definition) is 3. The first-order chi connectivity index (χ1) is 13.5. The van der Waals surface area contributed by atoms with E-state index in [1.807, 2.05) is 25.1 Å². The van der Waals surface area contributed by atoms with E-state index >= 15 is 0 Å². The van der Waals surface area contributed by atoms with Crippen LogP contribution in [0, 0.1) is 6.92 Å². The number of rotatable bonds is 8. The van der Waals surface area contributed by atoms with E-state index in [4.69, 9.17) is 0 Å². The molecule has 0 unspecified atom stereocenters. The van der Waals surface area contributed by atoms with Crippen LogP contribution in [0.4, 0.5) is 13.6 Å². The average molecular weight is 387 g/mol. The predicted molar refractivity (Wildman–Crippen MR) is 105 cm³/mol. The van der Waals surface area contributed by atoms with Crippen LogP contribution in [-0.4, -0.2) is 30.7 Å². The highest BCUT2D eigenvalue weighted by molar-refractivity contribution is 5.84. The van der Waals surface area contributed by atoms with Gasteiger partial charge in [0.15, 0.2) is 0 Å². The van der Waals surface area contributed by atoms with Gasteiger partial charge >= 0.3 is 12.6 Å². The lowest BCUT2D eigenvalue weighted by molar-refractivity contribution is -0.0498. The first-order valence-corrected chi connectivity index (χ1v) is 9.14. The fourth-order valence-electron chi connectivity index (χ4n) is 3.18. The highest BCUT2D eigenvalue weighted by Gasteiger charge is 2.08. The number of aromatic amines is 1. The lowest BCUT2D eigenvalue weighted by Gasteiger charge is -2.09. The molecule has 2 aromatic carbocycles. The minimum atomic E-state index is -2.83. The Morgan fingerprint density at radius 3 is 2.43 bits per heavy atom. The van der Waals surface area contributed by atoms with E-state index < -0.39 is 6.61 Å². The molecular weight excluding hydrogens is 364 g/mol. The Balaban J connectivity index is 1.39. The summed E-state index contributed by atoms with van der Waals surface area (Å²) in [6, 6.07) is 14.3. The number of nitrogens with one attached hydrogen (secondary N) is 3. The predicted octanol–water partition coefficient (Wildman–Crippen LogP) is 4.16. The number of urea groups is 1. The number of alkyl halides is 2. The van der Waals surface area contributed by atoms with E-state index in [1.54, 1.807) is 12.1 Å². The van der Waals surface area contributed by atoms with E-state index in [1.165, 1.54) is 23.1 Å². The smallest absolute Gasteiger partial charge is 0.387 e. The largest absolute Gasteiger partial charge is 0.435 e. The summed E-state index contributed by atoms with van der Waals surface area (Å²) in [6.07, 6.45) is 1.35. The molecular formula is C21H23F2N3O2. The zero-order valence-electron chi connectivity index (χ0n) is 15.6. The fraction of sp³-hybridized carbons (Fsp3) is 0.286. The molecule has 0 atom stereocenters. The zero-order chi connectivity index (χ0) is 19.9. The first kappa shape index (κ1) is 19.7. The lowest BCUT2D eigenvalue weighted by atomic mass is 10.1. The Hall–Kier alpha value is -3.09. The van der Waals surface area contributed by atoms with Crippen LogP contribution in [0.5, 0.6) is 5.75 Å². The monoisotopic (exact) mass is 387 g/mol. The van der Waals surface area contributed by atoms with Crippen molar-refractivity contribution in [3.63, 3.8) is 0 Å². The molecule has 0 saturated carbocycles. The van der Waals surface area contributed by atoms with Crippen molar-refractivity contribution < 1.29 is 18.3 Å². The Morgan fingerprint density at radius 1 is 1.04 bits per heavy atom. The maximum Gasteiger partial charge on any atom is 0.387 e. The number of aromatic nitrogens is 1. The number of H-pyrrole nitrogens is 1. The molecule has 1 heterocycles. The van der Waals surface area contributed by atoms with Crippen molar-refractivity contribution >= 4 is 16.9 Å². The number of para-hydroxylation sites is 1. The Morgan fingerprint density at radius 2 is 1.71 bits per heavy atom.